The topological polar surface area (TPSA) is 70.1 Å². The highest BCUT2D eigenvalue weighted by Gasteiger charge is 2.22. The third kappa shape index (κ3) is 3.65. The van der Waals surface area contributed by atoms with Crippen molar-refractivity contribution in [3.63, 3.8) is 0 Å². The number of nitrogens with two attached hydrogens (primary N) is 1. The lowest BCUT2D eigenvalue weighted by Crippen LogP contribution is -2.23. The monoisotopic (exact) mass is 339 g/mol. The van der Waals surface area contributed by atoms with Crippen molar-refractivity contribution in [1.29, 1.82) is 0 Å². The number of ketones is 1. The van der Waals surface area contributed by atoms with Crippen molar-refractivity contribution in [3.8, 4) is 0 Å². The van der Waals surface area contributed by atoms with Crippen molar-refractivity contribution in [2.45, 2.75) is 46.3 Å². The molecule has 2 heterocycles. The fourth-order valence-corrected chi connectivity index (χ4v) is 4.10. The highest BCUT2D eigenvalue weighted by atomic mass is 32.1. The third-order valence-electron chi connectivity index (χ3n) is 3.61. The van der Waals surface area contributed by atoms with Gasteiger partial charge in [0.15, 0.2) is 5.78 Å². The van der Waals surface area contributed by atoms with Crippen molar-refractivity contribution in [2.24, 2.45) is 5.73 Å². The van der Waals surface area contributed by atoms with E-state index in [1.54, 1.807) is 11.3 Å². The number of carbonyl (C=O) groups is 1. The fraction of sp³-hybridized carbons (Fsp3) is 0.600. The molecule has 0 saturated carbocycles. The van der Waals surface area contributed by atoms with Crippen LogP contribution in [0.25, 0.3) is 10.3 Å². The molecule has 2 aromatic rings. The predicted molar refractivity (Wildman–Crippen MR) is 94.6 cm³/mol. The molecule has 0 amide bonds. The number of nitrogens with zero attached hydrogens (tertiary/aromatic N) is 2. The molecule has 0 saturated heterocycles. The summed E-state index contributed by atoms with van der Waals surface area (Å²) in [5, 5.41) is 0.996. The summed E-state index contributed by atoms with van der Waals surface area (Å²) in [4.78, 5) is 17.7. The Morgan fingerprint density at radius 2 is 2.05 bits per heavy atom. The van der Waals surface area contributed by atoms with E-state index in [1.165, 1.54) is 0 Å². The Morgan fingerprint density at radius 3 is 2.64 bits per heavy atom. The first-order chi connectivity index (χ1) is 10.2. The number of aryl methyl sites for hydroxylation is 2. The van der Waals surface area contributed by atoms with E-state index in [0.717, 1.165) is 33.6 Å². The Morgan fingerprint density at radius 1 is 1.36 bits per heavy atom. The van der Waals surface area contributed by atoms with Gasteiger partial charge in [-0.3, -0.25) is 4.79 Å². The smallest absolute Gasteiger partial charge is 0.193 e. The van der Waals surface area contributed by atoms with Crippen LogP contribution >= 0.6 is 11.3 Å². The van der Waals surface area contributed by atoms with Crippen LogP contribution in [0.4, 0.5) is 0 Å². The van der Waals surface area contributed by atoms with Gasteiger partial charge in [-0.25, -0.2) is 4.98 Å². The number of ether oxygens (including phenoxy) is 1. The lowest BCUT2D eigenvalue weighted by Gasteiger charge is -2.16. The van der Waals surface area contributed by atoms with Gasteiger partial charge >= 0.3 is 0 Å². The van der Waals surface area contributed by atoms with Crippen LogP contribution in [0.3, 0.4) is 0 Å². The highest BCUT2D eigenvalue weighted by molar-refractivity contribution is 7.18. The molecule has 0 radical (unpaired) electrons. The van der Waals surface area contributed by atoms with Crippen LogP contribution in [-0.4, -0.2) is 36.6 Å². The predicted octanol–water partition coefficient (Wildman–Crippen LogP) is 3.17. The van der Waals surface area contributed by atoms with Crippen molar-refractivity contribution < 1.29 is 9.53 Å². The first-order valence-electron chi connectivity index (χ1n) is 7.52. The van der Waals surface area contributed by atoms with Crippen LogP contribution in [0.1, 0.15) is 21.1 Å². The van der Waals surface area contributed by atoms with Crippen LogP contribution in [0.15, 0.2) is 0 Å². The van der Waals surface area contributed by atoms with Crippen LogP contribution in [0, 0.1) is 13.8 Å². The third-order valence-corrected chi connectivity index (χ3v) is 6.31. The Balaban J connectivity index is 2.27. The van der Waals surface area contributed by atoms with Gasteiger partial charge in [0.25, 0.3) is 0 Å². The number of hydrogen-bond donors (Lipinski definition) is 1. The van der Waals surface area contributed by atoms with E-state index in [9.17, 15) is 4.79 Å². The van der Waals surface area contributed by atoms with E-state index in [1.807, 2.05) is 18.4 Å². The van der Waals surface area contributed by atoms with E-state index >= 15 is 0 Å². The molecule has 0 bridgehead atoms. The molecule has 122 valence electrons. The van der Waals surface area contributed by atoms with Gasteiger partial charge in [0.2, 0.25) is 0 Å². The maximum Gasteiger partial charge on any atom is 0.193 e. The second-order valence-electron chi connectivity index (χ2n) is 6.76. The zero-order chi connectivity index (χ0) is 16.5. The largest absolute Gasteiger partial charge is 0.361 e. The van der Waals surface area contributed by atoms with E-state index in [4.69, 9.17) is 10.5 Å². The molecule has 0 unspecified atom stereocenters. The van der Waals surface area contributed by atoms with Gasteiger partial charge in [-0.05, 0) is 19.9 Å². The van der Waals surface area contributed by atoms with Gasteiger partial charge in [0, 0.05) is 20.2 Å². The molecule has 2 rings (SSSR count). The summed E-state index contributed by atoms with van der Waals surface area (Å²) in [5.74, 6) is -0.0610. The summed E-state index contributed by atoms with van der Waals surface area (Å²) in [5.41, 5.74) is 8.00. The average Bonchev–Trinajstić information content (AvgIpc) is 2.91. The fourth-order valence-electron chi connectivity index (χ4n) is 2.37. The van der Waals surface area contributed by atoms with Crippen LogP contribution in [0.5, 0.6) is 0 Å². The summed E-state index contributed by atoms with van der Waals surface area (Å²) >= 11 is 1.59. The Hall–Kier alpha value is -1.02. The van der Waals surface area contributed by atoms with Crippen LogP contribution < -0.4 is 5.73 Å². The Labute approximate surface area is 136 Å². The summed E-state index contributed by atoms with van der Waals surface area (Å²) in [6, 6.07) is 1.11. The molecule has 0 aromatic carbocycles. The molecule has 0 spiro atoms. The second kappa shape index (κ2) is 6.62. The number of Topliss-reactive ketones (excluding diaryl/α,β-unsaturated/α-hetero) is 1. The van der Waals surface area contributed by atoms with Crippen molar-refractivity contribution in [1.82, 2.24) is 9.55 Å². The standard InChI is InChI=1S/C15H25N3O2SSi/c1-10-13-15(21-11(2)17-13)18(14(10)12(19)8-16)9-20-6-7-22(3,4)5/h6-9,16H2,1-5H3. The zero-order valence-electron chi connectivity index (χ0n) is 14.0. The molecule has 5 nitrogen and oxygen atoms in total. The number of hydrogen-bond acceptors (Lipinski definition) is 5. The zero-order valence-corrected chi connectivity index (χ0v) is 15.8. The van der Waals surface area contributed by atoms with Gasteiger partial charge in [0.1, 0.15) is 17.1 Å². The number of aromatic nitrogens is 2. The molecule has 0 aliphatic heterocycles. The molecule has 0 aliphatic carbocycles. The minimum Gasteiger partial charge on any atom is -0.361 e. The number of rotatable bonds is 7. The van der Waals surface area contributed by atoms with Gasteiger partial charge in [0.05, 0.1) is 17.2 Å². The first-order valence-corrected chi connectivity index (χ1v) is 12.0. The SMILES string of the molecule is Cc1nc2c(C)c(C(=O)CN)n(COCC[Si](C)(C)C)c2s1. The first kappa shape index (κ1) is 17.3. The molecule has 22 heavy (non-hydrogen) atoms. The molecule has 2 aromatic heterocycles. The quantitative estimate of drug-likeness (QED) is 0.478. The number of carbonyl (C=O) groups excluding carboxylic acids is 1. The summed E-state index contributed by atoms with van der Waals surface area (Å²) in [6.07, 6.45) is 0. The van der Waals surface area contributed by atoms with E-state index in [2.05, 4.69) is 24.6 Å². The lowest BCUT2D eigenvalue weighted by atomic mass is 10.2. The number of thiazole rings is 1. The van der Waals surface area contributed by atoms with Gasteiger partial charge < -0.3 is 15.0 Å². The molecule has 0 atom stereocenters. The van der Waals surface area contributed by atoms with E-state index in [0.29, 0.717) is 12.4 Å². The van der Waals surface area contributed by atoms with Crippen molar-refractivity contribution >= 4 is 35.5 Å². The number of fused-ring (bicyclic) bond motifs is 1. The highest BCUT2D eigenvalue weighted by Crippen LogP contribution is 2.30. The molecule has 0 aliphatic rings. The van der Waals surface area contributed by atoms with E-state index in [-0.39, 0.29) is 12.3 Å². The van der Waals surface area contributed by atoms with Crippen LogP contribution in [-0.2, 0) is 11.5 Å². The summed E-state index contributed by atoms with van der Waals surface area (Å²) < 4.78 is 7.78. The van der Waals surface area contributed by atoms with Crippen molar-refractivity contribution in [2.75, 3.05) is 13.2 Å². The maximum absolute atomic E-state index is 12.2. The Kier molecular flexibility index (Phi) is 5.21. The lowest BCUT2D eigenvalue weighted by molar-refractivity contribution is 0.0832. The molecular formula is C15H25N3O2SSi. The van der Waals surface area contributed by atoms with Gasteiger partial charge in [-0.1, -0.05) is 19.6 Å². The average molecular weight is 340 g/mol. The van der Waals surface area contributed by atoms with Gasteiger partial charge in [-0.15, -0.1) is 11.3 Å². The summed E-state index contributed by atoms with van der Waals surface area (Å²) in [7, 11) is -1.11. The van der Waals surface area contributed by atoms with Gasteiger partial charge in [-0.2, -0.15) is 0 Å². The van der Waals surface area contributed by atoms with E-state index < -0.39 is 8.07 Å². The molecule has 7 heteroatoms. The maximum atomic E-state index is 12.2. The normalized spacial score (nSPS) is 12.3. The Bertz CT molecular complexity index is 685. The minimum atomic E-state index is -1.11. The van der Waals surface area contributed by atoms with Crippen LogP contribution in [0.2, 0.25) is 25.7 Å². The molecular weight excluding hydrogens is 314 g/mol. The van der Waals surface area contributed by atoms with Crippen molar-refractivity contribution in [3.05, 3.63) is 16.3 Å². The molecule has 0 fully saturated rings. The minimum absolute atomic E-state index is 0.00595. The summed E-state index contributed by atoms with van der Waals surface area (Å²) in [6.45, 7) is 12.0. The second-order valence-corrected chi connectivity index (χ2v) is 13.6. The molecule has 2 N–H and O–H groups in total.